The third-order valence-corrected chi connectivity index (χ3v) is 7.92. The van der Waals surface area contributed by atoms with Crippen LogP contribution in [0.4, 0.5) is 0 Å². The number of imidazole rings is 1. The monoisotopic (exact) mass is 500 g/mol. The molecule has 0 saturated heterocycles. The van der Waals surface area contributed by atoms with Crippen LogP contribution in [0.3, 0.4) is 0 Å². The minimum atomic E-state index is -0.711. The van der Waals surface area contributed by atoms with Gasteiger partial charge < -0.3 is 14.8 Å². The van der Waals surface area contributed by atoms with E-state index in [1.165, 1.54) is 6.42 Å². The molecule has 2 aromatic heterocycles. The maximum atomic E-state index is 14.0. The number of nitrogens with one attached hydrogen (secondary N) is 1. The number of aryl methyl sites for hydroxylation is 1. The van der Waals surface area contributed by atoms with Gasteiger partial charge in [-0.05, 0) is 54.5 Å². The van der Waals surface area contributed by atoms with Gasteiger partial charge in [0.1, 0.15) is 12.6 Å². The third kappa shape index (κ3) is 5.36. The van der Waals surface area contributed by atoms with E-state index in [0.29, 0.717) is 6.54 Å². The van der Waals surface area contributed by atoms with Gasteiger partial charge in [-0.15, -0.1) is 11.3 Å². The summed E-state index contributed by atoms with van der Waals surface area (Å²) in [5.74, 6) is -0.213. The fraction of sp³-hybridized carbons (Fsp3) is 0.345. The average Bonchev–Trinajstić information content (AvgIpc) is 3.55. The van der Waals surface area contributed by atoms with Crippen LogP contribution in [-0.4, -0.2) is 32.3 Å². The molecule has 7 heteroatoms. The van der Waals surface area contributed by atoms with Gasteiger partial charge in [0.15, 0.2) is 0 Å². The summed E-state index contributed by atoms with van der Waals surface area (Å²) >= 11 is 1.60. The molecule has 5 rings (SSSR count). The summed E-state index contributed by atoms with van der Waals surface area (Å²) in [6.45, 7) is 2.50. The first kappa shape index (κ1) is 24.3. The largest absolute Gasteiger partial charge is 0.351 e. The number of nitrogens with zero attached hydrogens (tertiary/aromatic N) is 3. The van der Waals surface area contributed by atoms with Gasteiger partial charge in [-0.1, -0.05) is 61.7 Å². The zero-order valence-electron chi connectivity index (χ0n) is 20.6. The van der Waals surface area contributed by atoms with Crippen LogP contribution in [0.5, 0.6) is 0 Å². The van der Waals surface area contributed by atoms with Gasteiger partial charge in [0.05, 0.1) is 23.9 Å². The number of thiophene rings is 1. The molecule has 186 valence electrons. The Morgan fingerprint density at radius 1 is 1.06 bits per heavy atom. The van der Waals surface area contributed by atoms with Gasteiger partial charge in [-0.2, -0.15) is 0 Å². The lowest BCUT2D eigenvalue weighted by Gasteiger charge is -2.34. The predicted molar refractivity (Wildman–Crippen MR) is 144 cm³/mol. The fourth-order valence-electron chi connectivity index (χ4n) is 5.14. The Labute approximate surface area is 216 Å². The highest BCUT2D eigenvalue weighted by molar-refractivity contribution is 7.09. The Morgan fingerprint density at radius 3 is 2.61 bits per heavy atom. The summed E-state index contributed by atoms with van der Waals surface area (Å²) in [5, 5.41) is 5.31. The number of carbonyl (C=O) groups is 2. The van der Waals surface area contributed by atoms with Crippen LogP contribution in [0.15, 0.2) is 72.4 Å². The molecule has 1 fully saturated rings. The Hall–Kier alpha value is -3.45. The van der Waals surface area contributed by atoms with E-state index in [1.807, 2.05) is 77.5 Å². The Balaban J connectivity index is 1.51. The van der Waals surface area contributed by atoms with Crippen molar-refractivity contribution in [3.63, 3.8) is 0 Å². The number of hydrogen-bond acceptors (Lipinski definition) is 4. The molecule has 0 radical (unpaired) electrons. The zero-order valence-corrected chi connectivity index (χ0v) is 21.4. The van der Waals surface area contributed by atoms with Crippen molar-refractivity contribution in [3.8, 4) is 0 Å². The summed E-state index contributed by atoms with van der Waals surface area (Å²) in [6, 6.07) is 19.1. The molecule has 2 aromatic carbocycles. The lowest BCUT2D eigenvalue weighted by Crippen LogP contribution is -2.47. The molecule has 1 aliphatic carbocycles. The minimum absolute atomic E-state index is 0.100. The molecule has 1 unspecified atom stereocenters. The van der Waals surface area contributed by atoms with E-state index in [2.05, 4.69) is 10.3 Å². The van der Waals surface area contributed by atoms with Crippen molar-refractivity contribution in [1.82, 2.24) is 19.8 Å². The number of hydrogen-bond donors (Lipinski definition) is 1. The van der Waals surface area contributed by atoms with Crippen molar-refractivity contribution in [1.29, 1.82) is 0 Å². The number of aromatic nitrogens is 2. The number of benzene rings is 2. The molecule has 6 nitrogen and oxygen atoms in total. The number of carbonyl (C=O) groups excluding carboxylic acids is 2. The molecular formula is C29H32N4O2S. The number of para-hydroxylation sites is 2. The normalized spacial score (nSPS) is 15.0. The highest BCUT2D eigenvalue weighted by Gasteiger charge is 2.34. The van der Waals surface area contributed by atoms with Gasteiger partial charge in [0.25, 0.3) is 0 Å². The van der Waals surface area contributed by atoms with Gasteiger partial charge >= 0.3 is 0 Å². The third-order valence-electron chi connectivity index (χ3n) is 7.05. The molecule has 2 amide bonds. The lowest BCUT2D eigenvalue weighted by atomic mass is 9.94. The summed E-state index contributed by atoms with van der Waals surface area (Å²) in [4.78, 5) is 35.2. The first-order valence-corrected chi connectivity index (χ1v) is 13.6. The number of amides is 2. The summed E-state index contributed by atoms with van der Waals surface area (Å²) < 4.78 is 1.87. The van der Waals surface area contributed by atoms with Crippen LogP contribution < -0.4 is 5.32 Å². The maximum Gasteiger partial charge on any atom is 0.247 e. The van der Waals surface area contributed by atoms with Crippen molar-refractivity contribution in [3.05, 3.63) is 88.4 Å². The van der Waals surface area contributed by atoms with Gasteiger partial charge in [-0.25, -0.2) is 4.98 Å². The van der Waals surface area contributed by atoms with Crippen LogP contribution >= 0.6 is 11.3 Å². The van der Waals surface area contributed by atoms with Crippen LogP contribution in [0, 0.1) is 6.92 Å². The summed E-state index contributed by atoms with van der Waals surface area (Å²) in [7, 11) is 0. The molecule has 1 saturated carbocycles. The minimum Gasteiger partial charge on any atom is -0.351 e. The molecule has 1 N–H and O–H groups in total. The molecule has 0 bridgehead atoms. The molecule has 4 aromatic rings. The van der Waals surface area contributed by atoms with Gasteiger partial charge in [0, 0.05) is 10.9 Å². The SMILES string of the molecule is Cc1ccccc1C(C(=O)NC1CCCCC1)N(Cc1cccs1)C(=O)Cn1cnc2ccccc21. The van der Waals surface area contributed by atoms with Gasteiger partial charge in [-0.3, -0.25) is 9.59 Å². The van der Waals surface area contributed by atoms with E-state index in [1.54, 1.807) is 22.6 Å². The average molecular weight is 501 g/mol. The summed E-state index contributed by atoms with van der Waals surface area (Å²) in [6.07, 6.45) is 7.17. The molecule has 36 heavy (non-hydrogen) atoms. The Morgan fingerprint density at radius 2 is 1.83 bits per heavy atom. The van der Waals surface area contributed by atoms with E-state index in [0.717, 1.165) is 52.7 Å². The highest BCUT2D eigenvalue weighted by Crippen LogP contribution is 2.29. The first-order chi connectivity index (χ1) is 17.6. The topological polar surface area (TPSA) is 67.2 Å². The highest BCUT2D eigenvalue weighted by atomic mass is 32.1. The predicted octanol–water partition coefficient (Wildman–Crippen LogP) is 5.63. The van der Waals surface area contributed by atoms with Crippen molar-refractivity contribution in [2.45, 2.75) is 64.2 Å². The van der Waals surface area contributed by atoms with Crippen molar-refractivity contribution in [2.24, 2.45) is 0 Å². The first-order valence-electron chi connectivity index (χ1n) is 12.7. The van der Waals surface area contributed by atoms with E-state index in [4.69, 9.17) is 0 Å². The Kier molecular flexibility index (Phi) is 7.47. The second-order valence-corrected chi connectivity index (χ2v) is 10.6. The van der Waals surface area contributed by atoms with Crippen LogP contribution in [0.1, 0.15) is 54.1 Å². The van der Waals surface area contributed by atoms with Crippen molar-refractivity contribution >= 4 is 34.2 Å². The zero-order chi connectivity index (χ0) is 24.9. The molecule has 1 atom stereocenters. The smallest absolute Gasteiger partial charge is 0.247 e. The molecule has 2 heterocycles. The molecule has 1 aliphatic rings. The second-order valence-electron chi connectivity index (χ2n) is 9.56. The van der Waals surface area contributed by atoms with E-state index >= 15 is 0 Å². The summed E-state index contributed by atoms with van der Waals surface area (Å²) in [5.41, 5.74) is 3.62. The van der Waals surface area contributed by atoms with Crippen molar-refractivity contribution in [2.75, 3.05) is 0 Å². The number of fused-ring (bicyclic) bond motifs is 1. The fourth-order valence-corrected chi connectivity index (χ4v) is 5.84. The van der Waals surface area contributed by atoms with E-state index in [9.17, 15) is 9.59 Å². The van der Waals surface area contributed by atoms with E-state index < -0.39 is 6.04 Å². The number of rotatable bonds is 8. The van der Waals surface area contributed by atoms with Crippen LogP contribution in [0.2, 0.25) is 0 Å². The molecule has 0 aliphatic heterocycles. The lowest BCUT2D eigenvalue weighted by molar-refractivity contribution is -0.142. The second kappa shape index (κ2) is 11.1. The quantitative estimate of drug-likeness (QED) is 0.341. The van der Waals surface area contributed by atoms with Crippen LogP contribution in [0.25, 0.3) is 11.0 Å². The van der Waals surface area contributed by atoms with Gasteiger partial charge in [0.2, 0.25) is 11.8 Å². The standard InChI is InChI=1S/C29H32N4O2S/c1-21-10-5-6-14-24(21)28(29(35)31-22-11-3-2-4-12-22)33(18-23-13-9-17-36-23)27(34)19-32-20-30-25-15-7-8-16-26(25)32/h5-10,13-17,20,22,28H,2-4,11-12,18-19H2,1H3,(H,31,35). The maximum absolute atomic E-state index is 14.0. The van der Waals surface area contributed by atoms with Crippen molar-refractivity contribution < 1.29 is 9.59 Å². The molecule has 0 spiro atoms. The van der Waals surface area contributed by atoms with Crippen LogP contribution in [-0.2, 0) is 22.7 Å². The Bertz CT molecular complexity index is 1320. The van der Waals surface area contributed by atoms with E-state index in [-0.39, 0.29) is 24.4 Å². The molecular weight excluding hydrogens is 468 g/mol.